The van der Waals surface area contributed by atoms with Crippen molar-refractivity contribution in [3.63, 3.8) is 0 Å². The molecule has 16 heavy (non-hydrogen) atoms. The second-order valence-electron chi connectivity index (χ2n) is 3.35. The Bertz CT molecular complexity index is 355. The summed E-state index contributed by atoms with van der Waals surface area (Å²) < 4.78 is 4.63. The number of halogens is 1. The van der Waals surface area contributed by atoms with Crippen molar-refractivity contribution in [2.45, 2.75) is 19.1 Å². The molecule has 1 aromatic rings. The average Bonchev–Trinajstić information content (AvgIpc) is 2.27. The highest BCUT2D eigenvalue weighted by molar-refractivity contribution is 5.91. The molecule has 0 spiro atoms. The molecule has 1 aromatic carbocycles. The maximum absolute atomic E-state index is 11.4. The fraction of sp³-hybridized carbons (Fsp3) is 0.364. The lowest BCUT2D eigenvalue weighted by Crippen LogP contribution is -2.25. The summed E-state index contributed by atoms with van der Waals surface area (Å²) in [4.78, 5) is 11.4. The summed E-state index contributed by atoms with van der Waals surface area (Å²) in [5, 5.41) is 9.38. The quantitative estimate of drug-likeness (QED) is 0.787. The van der Waals surface area contributed by atoms with Crippen LogP contribution < -0.4 is 5.73 Å². The average molecular weight is 246 g/mol. The lowest BCUT2D eigenvalue weighted by atomic mass is 9.98. The van der Waals surface area contributed by atoms with Crippen LogP contribution in [0.2, 0.25) is 0 Å². The summed E-state index contributed by atoms with van der Waals surface area (Å²) in [6.45, 7) is 1.58. The second kappa shape index (κ2) is 6.48. The Hall–Kier alpha value is -1.10. The highest BCUT2D eigenvalue weighted by atomic mass is 35.5. The summed E-state index contributed by atoms with van der Waals surface area (Å²) in [6, 6.07) is 6.25. The van der Waals surface area contributed by atoms with Gasteiger partial charge in [-0.3, -0.25) is 0 Å². The van der Waals surface area contributed by atoms with Gasteiger partial charge in [0.15, 0.2) is 0 Å². The van der Waals surface area contributed by atoms with Crippen molar-refractivity contribution >= 4 is 18.4 Å². The van der Waals surface area contributed by atoms with Gasteiger partial charge < -0.3 is 15.6 Å². The van der Waals surface area contributed by atoms with Crippen molar-refractivity contribution in [2.24, 2.45) is 5.73 Å². The van der Waals surface area contributed by atoms with E-state index in [4.69, 9.17) is 5.73 Å². The molecule has 4 nitrogen and oxygen atoms in total. The van der Waals surface area contributed by atoms with Crippen LogP contribution in [0.5, 0.6) is 0 Å². The number of aliphatic hydroxyl groups excluding tert-OH is 1. The predicted molar refractivity (Wildman–Crippen MR) is 63.6 cm³/mol. The number of ether oxygens (including phenoxy) is 1. The molecule has 1 rings (SSSR count). The molecule has 0 heterocycles. The maximum Gasteiger partial charge on any atom is 0.338 e. The number of aliphatic hydroxyl groups is 1. The maximum atomic E-state index is 11.4. The van der Waals surface area contributed by atoms with E-state index >= 15 is 0 Å². The molecule has 2 atom stereocenters. The van der Waals surface area contributed by atoms with Gasteiger partial charge in [0, 0.05) is 0 Å². The Morgan fingerprint density at radius 2 is 2.00 bits per heavy atom. The zero-order valence-corrected chi connectivity index (χ0v) is 10.0. The van der Waals surface area contributed by atoms with Crippen molar-refractivity contribution in [2.75, 3.05) is 7.11 Å². The Morgan fingerprint density at radius 1 is 1.44 bits per heavy atom. The molecule has 0 aliphatic carbocycles. The van der Waals surface area contributed by atoms with E-state index in [1.54, 1.807) is 31.2 Å². The number of carbonyl (C=O) groups is 1. The molecule has 0 aliphatic heterocycles. The number of nitrogens with two attached hydrogens (primary N) is 1. The number of methoxy groups -OCH3 is 1. The lowest BCUT2D eigenvalue weighted by Gasteiger charge is -2.17. The fourth-order valence-electron chi connectivity index (χ4n) is 1.34. The van der Waals surface area contributed by atoms with E-state index < -0.39 is 18.1 Å². The van der Waals surface area contributed by atoms with Crippen LogP contribution in [-0.2, 0) is 4.74 Å². The molecule has 0 aliphatic rings. The standard InChI is InChI=1S/C11H15NO3.ClH/c1-7(13)10(12)8-5-3-4-6-9(8)11(14)15-2;/h3-7,10,13H,12H2,1-2H3;1H/t7-,10-;/m1./s1. The van der Waals surface area contributed by atoms with Gasteiger partial charge in [-0.2, -0.15) is 0 Å². The van der Waals surface area contributed by atoms with Crippen molar-refractivity contribution in [3.8, 4) is 0 Å². The number of esters is 1. The topological polar surface area (TPSA) is 72.5 Å². The van der Waals surface area contributed by atoms with Crippen molar-refractivity contribution in [1.82, 2.24) is 0 Å². The van der Waals surface area contributed by atoms with E-state index in [9.17, 15) is 9.90 Å². The number of hydrogen-bond acceptors (Lipinski definition) is 4. The van der Waals surface area contributed by atoms with Gasteiger partial charge in [-0.15, -0.1) is 12.4 Å². The van der Waals surface area contributed by atoms with E-state index in [0.29, 0.717) is 11.1 Å². The van der Waals surface area contributed by atoms with Crippen molar-refractivity contribution in [3.05, 3.63) is 35.4 Å². The van der Waals surface area contributed by atoms with Crippen LogP contribution in [0.3, 0.4) is 0 Å². The highest BCUT2D eigenvalue weighted by Gasteiger charge is 2.19. The molecule has 0 fully saturated rings. The number of rotatable bonds is 3. The number of hydrogen-bond donors (Lipinski definition) is 2. The lowest BCUT2D eigenvalue weighted by molar-refractivity contribution is 0.0597. The highest BCUT2D eigenvalue weighted by Crippen LogP contribution is 2.19. The van der Waals surface area contributed by atoms with Gasteiger partial charge >= 0.3 is 5.97 Å². The zero-order chi connectivity index (χ0) is 11.4. The van der Waals surface area contributed by atoms with Crippen LogP contribution in [0.4, 0.5) is 0 Å². The largest absolute Gasteiger partial charge is 0.465 e. The molecule has 0 bridgehead atoms. The first-order chi connectivity index (χ1) is 7.07. The first-order valence-electron chi connectivity index (χ1n) is 4.68. The zero-order valence-electron chi connectivity index (χ0n) is 9.21. The van der Waals surface area contributed by atoms with Crippen LogP contribution in [-0.4, -0.2) is 24.3 Å². The Labute approximate surface area is 101 Å². The molecular formula is C11H16ClNO3. The molecule has 0 unspecified atom stereocenters. The van der Waals surface area contributed by atoms with E-state index in [1.165, 1.54) is 7.11 Å². The summed E-state index contributed by atoms with van der Waals surface area (Å²) in [5.74, 6) is -0.443. The van der Waals surface area contributed by atoms with Crippen LogP contribution in [0.25, 0.3) is 0 Å². The van der Waals surface area contributed by atoms with Crippen molar-refractivity contribution in [1.29, 1.82) is 0 Å². The molecule has 0 saturated heterocycles. The smallest absolute Gasteiger partial charge is 0.338 e. The Morgan fingerprint density at radius 3 is 2.50 bits per heavy atom. The summed E-state index contributed by atoms with van der Waals surface area (Å²) >= 11 is 0. The van der Waals surface area contributed by atoms with Gasteiger partial charge in [-0.05, 0) is 18.6 Å². The third-order valence-corrected chi connectivity index (χ3v) is 2.24. The summed E-state index contributed by atoms with van der Waals surface area (Å²) in [6.07, 6.45) is -0.712. The normalized spacial score (nSPS) is 13.5. The predicted octanol–water partition coefficient (Wildman–Crippen LogP) is 1.28. The van der Waals surface area contributed by atoms with Crippen LogP contribution in [0.15, 0.2) is 24.3 Å². The number of benzene rings is 1. The van der Waals surface area contributed by atoms with E-state index in [2.05, 4.69) is 4.74 Å². The minimum Gasteiger partial charge on any atom is -0.465 e. The monoisotopic (exact) mass is 245 g/mol. The van der Waals surface area contributed by atoms with Crippen LogP contribution in [0.1, 0.15) is 28.9 Å². The third kappa shape index (κ3) is 3.20. The molecule has 0 aromatic heterocycles. The van der Waals surface area contributed by atoms with Crippen LogP contribution >= 0.6 is 12.4 Å². The number of carbonyl (C=O) groups excluding carboxylic acids is 1. The minimum absolute atomic E-state index is 0. The molecule has 0 saturated carbocycles. The van der Waals surface area contributed by atoms with Gasteiger partial charge in [0.25, 0.3) is 0 Å². The molecule has 3 N–H and O–H groups in total. The SMILES string of the molecule is COC(=O)c1ccccc1[C@H](N)[C@@H](C)O.Cl. The fourth-order valence-corrected chi connectivity index (χ4v) is 1.34. The van der Waals surface area contributed by atoms with Gasteiger partial charge in [0.1, 0.15) is 0 Å². The second-order valence-corrected chi connectivity index (χ2v) is 3.35. The van der Waals surface area contributed by atoms with Crippen LogP contribution in [0, 0.1) is 0 Å². The van der Waals surface area contributed by atoms with Crippen molar-refractivity contribution < 1.29 is 14.6 Å². The molecule has 5 heteroatoms. The Kier molecular flexibility index (Phi) is 6.03. The van der Waals surface area contributed by atoms with E-state index in [0.717, 1.165) is 0 Å². The first-order valence-corrected chi connectivity index (χ1v) is 4.68. The van der Waals surface area contributed by atoms with Gasteiger partial charge in [-0.25, -0.2) is 4.79 Å². The first kappa shape index (κ1) is 14.9. The molecular weight excluding hydrogens is 230 g/mol. The summed E-state index contributed by atoms with van der Waals surface area (Å²) in [7, 11) is 1.31. The summed E-state index contributed by atoms with van der Waals surface area (Å²) in [5.41, 5.74) is 6.77. The third-order valence-electron chi connectivity index (χ3n) is 2.24. The van der Waals surface area contributed by atoms with Gasteiger partial charge in [0.05, 0.1) is 24.8 Å². The van der Waals surface area contributed by atoms with Gasteiger partial charge in [-0.1, -0.05) is 18.2 Å². The Balaban J connectivity index is 0.00000225. The van der Waals surface area contributed by atoms with E-state index in [-0.39, 0.29) is 12.4 Å². The van der Waals surface area contributed by atoms with Gasteiger partial charge in [0.2, 0.25) is 0 Å². The minimum atomic E-state index is -0.712. The molecule has 0 amide bonds. The molecule has 0 radical (unpaired) electrons. The van der Waals surface area contributed by atoms with E-state index in [1.807, 2.05) is 0 Å². The molecule has 90 valence electrons.